The minimum atomic E-state index is -3.64. The van der Waals surface area contributed by atoms with E-state index in [1.165, 1.54) is 13.2 Å². The van der Waals surface area contributed by atoms with Gasteiger partial charge in [-0.1, -0.05) is 6.07 Å². The van der Waals surface area contributed by atoms with E-state index in [4.69, 9.17) is 4.74 Å². The highest BCUT2D eigenvalue weighted by atomic mass is 32.2. The van der Waals surface area contributed by atoms with Crippen molar-refractivity contribution in [3.8, 4) is 5.75 Å². The Hall–Kier alpha value is -2.15. The van der Waals surface area contributed by atoms with Crippen molar-refractivity contribution in [2.75, 3.05) is 13.4 Å². The summed E-state index contributed by atoms with van der Waals surface area (Å²) in [6.45, 7) is 1.79. The Bertz CT molecular complexity index is 784. The molecule has 0 aliphatic heterocycles. The molecule has 106 valence electrons. The second-order valence-corrected chi connectivity index (χ2v) is 6.15. The van der Waals surface area contributed by atoms with Crippen LogP contribution >= 0.6 is 0 Å². The standard InChI is InChI=1S/C13H14N2O4S/c1-8-4-5-9-6-10(19-2)7-11(12(9)14-8)13(16)15-20(3,17)18/h4-7H,1-3H3,(H,15,16). The lowest BCUT2D eigenvalue weighted by atomic mass is 10.1. The van der Waals surface area contributed by atoms with E-state index in [9.17, 15) is 13.2 Å². The number of ether oxygens (including phenoxy) is 1. The molecule has 1 N–H and O–H groups in total. The molecule has 0 atom stereocenters. The van der Waals surface area contributed by atoms with Gasteiger partial charge in [0.25, 0.3) is 5.91 Å². The Balaban J connectivity index is 2.66. The zero-order chi connectivity index (χ0) is 14.9. The topological polar surface area (TPSA) is 85.4 Å². The van der Waals surface area contributed by atoms with Crippen LogP contribution in [0.15, 0.2) is 24.3 Å². The van der Waals surface area contributed by atoms with Crippen molar-refractivity contribution < 1.29 is 17.9 Å². The zero-order valence-corrected chi connectivity index (χ0v) is 12.1. The zero-order valence-electron chi connectivity index (χ0n) is 11.3. The van der Waals surface area contributed by atoms with Gasteiger partial charge < -0.3 is 4.74 Å². The number of benzene rings is 1. The van der Waals surface area contributed by atoms with E-state index in [0.29, 0.717) is 16.7 Å². The fourth-order valence-electron chi connectivity index (χ4n) is 1.82. The molecule has 1 heterocycles. The van der Waals surface area contributed by atoms with Crippen molar-refractivity contribution in [2.24, 2.45) is 0 Å². The molecule has 0 spiro atoms. The second kappa shape index (κ2) is 5.09. The van der Waals surface area contributed by atoms with E-state index in [1.54, 1.807) is 25.1 Å². The Morgan fingerprint density at radius 2 is 2.00 bits per heavy atom. The molecule has 0 radical (unpaired) electrons. The van der Waals surface area contributed by atoms with Gasteiger partial charge in [0.2, 0.25) is 10.0 Å². The number of sulfonamides is 1. The SMILES string of the molecule is COc1cc(C(=O)NS(C)(=O)=O)c2nc(C)ccc2c1. The van der Waals surface area contributed by atoms with Crippen molar-refractivity contribution >= 4 is 26.8 Å². The minimum absolute atomic E-state index is 0.161. The fourth-order valence-corrected chi connectivity index (χ4v) is 2.27. The van der Waals surface area contributed by atoms with Gasteiger partial charge in [0.1, 0.15) is 5.75 Å². The van der Waals surface area contributed by atoms with E-state index < -0.39 is 15.9 Å². The van der Waals surface area contributed by atoms with Gasteiger partial charge in [0, 0.05) is 11.1 Å². The highest BCUT2D eigenvalue weighted by molar-refractivity contribution is 7.89. The molecule has 0 aliphatic rings. The largest absolute Gasteiger partial charge is 0.497 e. The van der Waals surface area contributed by atoms with Gasteiger partial charge in [-0.3, -0.25) is 9.78 Å². The van der Waals surface area contributed by atoms with Crippen molar-refractivity contribution in [1.82, 2.24) is 9.71 Å². The van der Waals surface area contributed by atoms with Gasteiger partial charge in [-0.25, -0.2) is 13.1 Å². The van der Waals surface area contributed by atoms with Crippen LogP contribution in [-0.4, -0.2) is 32.7 Å². The summed E-state index contributed by atoms with van der Waals surface area (Å²) in [7, 11) is -2.16. The number of nitrogens with zero attached hydrogens (tertiary/aromatic N) is 1. The van der Waals surface area contributed by atoms with Crippen LogP contribution in [-0.2, 0) is 10.0 Å². The number of pyridine rings is 1. The first-order valence-electron chi connectivity index (χ1n) is 5.77. The molecular formula is C13H14N2O4S. The average molecular weight is 294 g/mol. The third-order valence-electron chi connectivity index (χ3n) is 2.66. The lowest BCUT2D eigenvalue weighted by Gasteiger charge is -2.09. The van der Waals surface area contributed by atoms with Gasteiger partial charge in [0.15, 0.2) is 0 Å². The second-order valence-electron chi connectivity index (χ2n) is 4.40. The first-order valence-corrected chi connectivity index (χ1v) is 7.67. The van der Waals surface area contributed by atoms with Crippen LogP contribution in [0.1, 0.15) is 16.1 Å². The first-order chi connectivity index (χ1) is 9.30. The number of rotatable bonds is 3. The predicted molar refractivity (Wildman–Crippen MR) is 75.3 cm³/mol. The summed E-state index contributed by atoms with van der Waals surface area (Å²) in [5, 5.41) is 0.702. The lowest BCUT2D eigenvalue weighted by Crippen LogP contribution is -2.29. The van der Waals surface area contributed by atoms with Crippen LogP contribution in [0.4, 0.5) is 0 Å². The summed E-state index contributed by atoms with van der Waals surface area (Å²) in [6, 6.07) is 6.81. The molecular weight excluding hydrogens is 280 g/mol. The van der Waals surface area contributed by atoms with Crippen LogP contribution in [0.3, 0.4) is 0 Å². The molecule has 2 rings (SSSR count). The average Bonchev–Trinajstić information content (AvgIpc) is 2.35. The number of hydrogen-bond acceptors (Lipinski definition) is 5. The number of nitrogens with one attached hydrogen (secondary N) is 1. The number of amides is 1. The van der Waals surface area contributed by atoms with E-state index >= 15 is 0 Å². The van der Waals surface area contributed by atoms with Crippen LogP contribution in [0.5, 0.6) is 5.75 Å². The molecule has 0 unspecified atom stereocenters. The highest BCUT2D eigenvalue weighted by Gasteiger charge is 2.17. The van der Waals surface area contributed by atoms with E-state index in [1.807, 2.05) is 4.72 Å². The third-order valence-corrected chi connectivity index (χ3v) is 3.22. The third kappa shape index (κ3) is 3.05. The molecule has 0 aliphatic carbocycles. The Morgan fingerprint density at radius 3 is 2.60 bits per heavy atom. The van der Waals surface area contributed by atoms with Crippen LogP contribution in [0.2, 0.25) is 0 Å². The van der Waals surface area contributed by atoms with E-state index in [0.717, 1.165) is 11.9 Å². The maximum absolute atomic E-state index is 12.1. The molecule has 1 aromatic carbocycles. The first kappa shape index (κ1) is 14.3. The van der Waals surface area contributed by atoms with Crippen molar-refractivity contribution in [3.05, 3.63) is 35.5 Å². The van der Waals surface area contributed by atoms with Gasteiger partial charge in [-0.2, -0.15) is 0 Å². The van der Waals surface area contributed by atoms with E-state index in [2.05, 4.69) is 4.98 Å². The maximum atomic E-state index is 12.1. The summed E-state index contributed by atoms with van der Waals surface area (Å²) in [6.07, 6.45) is 0.923. The van der Waals surface area contributed by atoms with Gasteiger partial charge in [-0.05, 0) is 25.1 Å². The van der Waals surface area contributed by atoms with Crippen LogP contribution in [0.25, 0.3) is 10.9 Å². The Morgan fingerprint density at radius 1 is 1.30 bits per heavy atom. The fraction of sp³-hybridized carbons (Fsp3) is 0.231. The summed E-state index contributed by atoms with van der Waals surface area (Å²) in [4.78, 5) is 16.4. The van der Waals surface area contributed by atoms with Crippen LogP contribution in [0, 0.1) is 6.92 Å². The number of carbonyl (C=O) groups excluding carboxylic acids is 1. The maximum Gasteiger partial charge on any atom is 0.267 e. The van der Waals surface area contributed by atoms with E-state index in [-0.39, 0.29) is 5.56 Å². The molecule has 0 bridgehead atoms. The summed E-state index contributed by atoms with van der Waals surface area (Å²) >= 11 is 0. The van der Waals surface area contributed by atoms with Gasteiger partial charge in [-0.15, -0.1) is 0 Å². The summed E-state index contributed by atoms with van der Waals surface area (Å²) in [5.74, 6) is -0.267. The molecule has 20 heavy (non-hydrogen) atoms. The molecule has 1 amide bonds. The van der Waals surface area contributed by atoms with Crippen molar-refractivity contribution in [2.45, 2.75) is 6.92 Å². The van der Waals surface area contributed by atoms with Crippen LogP contribution < -0.4 is 9.46 Å². The number of aromatic nitrogens is 1. The molecule has 2 aromatic rings. The summed E-state index contributed by atoms with van der Waals surface area (Å²) in [5.41, 5.74) is 1.33. The molecule has 0 saturated carbocycles. The molecule has 0 fully saturated rings. The highest BCUT2D eigenvalue weighted by Crippen LogP contribution is 2.24. The Kier molecular flexibility index (Phi) is 3.63. The quantitative estimate of drug-likeness (QED) is 0.920. The van der Waals surface area contributed by atoms with Crippen molar-refractivity contribution in [1.29, 1.82) is 0 Å². The van der Waals surface area contributed by atoms with Gasteiger partial charge in [0.05, 0.1) is 24.4 Å². The normalized spacial score (nSPS) is 11.3. The van der Waals surface area contributed by atoms with Gasteiger partial charge >= 0.3 is 0 Å². The number of fused-ring (bicyclic) bond motifs is 1. The minimum Gasteiger partial charge on any atom is -0.497 e. The summed E-state index contributed by atoms with van der Waals surface area (Å²) < 4.78 is 29.4. The molecule has 0 saturated heterocycles. The number of carbonyl (C=O) groups is 1. The lowest BCUT2D eigenvalue weighted by molar-refractivity contribution is 0.0983. The smallest absolute Gasteiger partial charge is 0.267 e. The molecule has 1 aromatic heterocycles. The molecule has 6 nitrogen and oxygen atoms in total. The predicted octanol–water partition coefficient (Wildman–Crippen LogP) is 1.24. The number of methoxy groups -OCH3 is 1. The number of aryl methyl sites for hydroxylation is 1. The van der Waals surface area contributed by atoms with Crippen molar-refractivity contribution in [3.63, 3.8) is 0 Å². The number of hydrogen-bond donors (Lipinski definition) is 1. The monoisotopic (exact) mass is 294 g/mol. The molecule has 7 heteroatoms. The Labute approximate surface area is 116 Å².